The van der Waals surface area contributed by atoms with E-state index in [4.69, 9.17) is 0 Å². The Morgan fingerprint density at radius 3 is 2.17 bits per heavy atom. The predicted molar refractivity (Wildman–Crippen MR) is 134 cm³/mol. The third-order valence-electron chi connectivity index (χ3n) is 4.75. The smallest absolute Gasteiger partial charge is 0.0512 e. The lowest BCUT2D eigenvalue weighted by Gasteiger charge is -2.48. The molecular weight excluding hydrogens is 372 g/mol. The molecule has 0 radical (unpaired) electrons. The second kappa shape index (κ2) is 11.9. The first-order chi connectivity index (χ1) is 13.7. The molecule has 0 unspecified atom stereocenters. The fourth-order valence-electron chi connectivity index (χ4n) is 3.92. The van der Waals surface area contributed by atoms with Crippen LogP contribution < -0.4 is 5.32 Å². The molecule has 1 aliphatic heterocycles. The van der Waals surface area contributed by atoms with Gasteiger partial charge in [0, 0.05) is 35.0 Å². The van der Waals surface area contributed by atoms with E-state index in [1.807, 2.05) is 36.5 Å². The second-order valence-corrected chi connectivity index (χ2v) is 9.65. The lowest BCUT2D eigenvalue weighted by molar-refractivity contribution is 0.0898. The fourth-order valence-corrected chi connectivity index (χ4v) is 4.93. The van der Waals surface area contributed by atoms with Crippen molar-refractivity contribution in [3.63, 3.8) is 0 Å². The molecule has 2 nitrogen and oxygen atoms in total. The van der Waals surface area contributed by atoms with E-state index in [1.165, 1.54) is 0 Å². The maximum Gasteiger partial charge on any atom is 0.0512 e. The van der Waals surface area contributed by atoms with Crippen molar-refractivity contribution in [1.29, 1.82) is 0 Å². The minimum Gasteiger partial charge on any atom is -0.364 e. The monoisotopic (exact) mass is 410 g/mol. The first kappa shape index (κ1) is 25.1. The number of hydrogen-bond donors (Lipinski definition) is 1. The van der Waals surface area contributed by atoms with Crippen LogP contribution in [0.2, 0.25) is 0 Å². The van der Waals surface area contributed by atoms with Crippen LogP contribution in [0.15, 0.2) is 96.5 Å². The van der Waals surface area contributed by atoms with Gasteiger partial charge in [0.05, 0.1) is 5.70 Å². The summed E-state index contributed by atoms with van der Waals surface area (Å²) in [5.74, 6) is 0. The molecule has 0 aliphatic carbocycles. The molecule has 1 aliphatic rings. The molecule has 0 spiro atoms. The minimum absolute atomic E-state index is 0.000529. The van der Waals surface area contributed by atoms with Crippen LogP contribution >= 0.6 is 11.8 Å². The third-order valence-corrected chi connectivity index (χ3v) is 5.83. The molecular formula is C26H38N2S. The molecule has 3 heteroatoms. The van der Waals surface area contributed by atoms with Crippen LogP contribution in [-0.2, 0) is 0 Å². The average Bonchev–Trinajstić information content (AvgIpc) is 2.62. The molecule has 0 saturated carbocycles. The first-order valence-corrected chi connectivity index (χ1v) is 11.0. The van der Waals surface area contributed by atoms with Gasteiger partial charge >= 0.3 is 0 Å². The second-order valence-electron chi connectivity index (χ2n) is 8.54. The van der Waals surface area contributed by atoms with E-state index in [0.29, 0.717) is 0 Å². The molecule has 1 rings (SSSR count). The van der Waals surface area contributed by atoms with E-state index >= 15 is 0 Å². The summed E-state index contributed by atoms with van der Waals surface area (Å²) in [4.78, 5) is 4.73. The largest absolute Gasteiger partial charge is 0.364 e. The zero-order valence-electron chi connectivity index (χ0n) is 18.7. The van der Waals surface area contributed by atoms with Crippen LogP contribution in [0.4, 0.5) is 0 Å². The van der Waals surface area contributed by atoms with Gasteiger partial charge in [0.15, 0.2) is 0 Å². The van der Waals surface area contributed by atoms with Crippen LogP contribution in [-0.4, -0.2) is 30.1 Å². The zero-order valence-corrected chi connectivity index (χ0v) is 19.5. The summed E-state index contributed by atoms with van der Waals surface area (Å²) in [6.07, 6.45) is 18.6. The summed E-state index contributed by atoms with van der Waals surface area (Å²) in [6, 6.07) is 0. The Labute approximate surface area is 183 Å². The van der Waals surface area contributed by atoms with E-state index in [1.54, 1.807) is 17.8 Å². The number of allylic oxidation sites excluding steroid dienone is 9. The van der Waals surface area contributed by atoms with E-state index in [-0.39, 0.29) is 11.0 Å². The molecule has 1 fully saturated rings. The van der Waals surface area contributed by atoms with Gasteiger partial charge in [0.25, 0.3) is 0 Å². The van der Waals surface area contributed by atoms with Crippen molar-refractivity contribution >= 4 is 11.8 Å². The molecule has 0 aromatic carbocycles. The first-order valence-electron chi connectivity index (χ1n) is 10.1. The molecule has 158 valence electrons. The van der Waals surface area contributed by atoms with Crippen molar-refractivity contribution < 1.29 is 0 Å². The van der Waals surface area contributed by atoms with Crippen LogP contribution in [0, 0.1) is 5.41 Å². The number of thioether (sulfide) groups is 1. The standard InChI is InChI=1S/C26H38N2S/c1-9-13-17-22(14-10-2)29-24(16-12-4)23(15-11-3)28-19-18-27-21-25(5,6)20-26(28,7)8/h9-17,27H,1-4,18-21H2,5-8H3/b17-13-,22-14+,23-15+,24-16+. The van der Waals surface area contributed by atoms with Gasteiger partial charge in [0.1, 0.15) is 0 Å². The normalized spacial score (nSPS) is 20.7. The van der Waals surface area contributed by atoms with Gasteiger partial charge < -0.3 is 10.2 Å². The molecule has 29 heavy (non-hydrogen) atoms. The Kier molecular flexibility index (Phi) is 10.3. The van der Waals surface area contributed by atoms with Gasteiger partial charge in [0.2, 0.25) is 0 Å². The summed E-state index contributed by atoms with van der Waals surface area (Å²) in [6.45, 7) is 27.8. The Morgan fingerprint density at radius 1 is 0.931 bits per heavy atom. The van der Waals surface area contributed by atoms with Gasteiger partial charge in [-0.25, -0.2) is 0 Å². The van der Waals surface area contributed by atoms with Crippen LogP contribution in [0.1, 0.15) is 34.1 Å². The van der Waals surface area contributed by atoms with Gasteiger partial charge in [-0.3, -0.25) is 0 Å². The quantitative estimate of drug-likeness (QED) is 0.422. The highest BCUT2D eigenvalue weighted by atomic mass is 32.2. The highest BCUT2D eigenvalue weighted by molar-refractivity contribution is 8.07. The van der Waals surface area contributed by atoms with Crippen LogP contribution in [0.3, 0.4) is 0 Å². The average molecular weight is 411 g/mol. The lowest BCUT2D eigenvalue weighted by atomic mass is 9.78. The van der Waals surface area contributed by atoms with E-state index in [2.05, 4.69) is 76.4 Å². The molecule has 0 amide bonds. The molecule has 1 N–H and O–H groups in total. The summed E-state index contributed by atoms with van der Waals surface area (Å²) >= 11 is 1.70. The molecule has 0 aromatic rings. The number of nitrogens with one attached hydrogen (secondary N) is 1. The van der Waals surface area contributed by atoms with Crippen molar-refractivity contribution in [1.82, 2.24) is 10.2 Å². The van der Waals surface area contributed by atoms with E-state index in [9.17, 15) is 0 Å². The van der Waals surface area contributed by atoms with Gasteiger partial charge in [-0.2, -0.15) is 0 Å². The number of hydrogen-bond acceptors (Lipinski definition) is 3. The van der Waals surface area contributed by atoms with Gasteiger partial charge in [-0.15, -0.1) is 0 Å². The lowest BCUT2D eigenvalue weighted by Crippen LogP contribution is -2.53. The third kappa shape index (κ3) is 8.12. The number of nitrogens with zero attached hydrogens (tertiary/aromatic N) is 1. The Balaban J connectivity index is 3.41. The summed E-state index contributed by atoms with van der Waals surface area (Å²) in [5, 5.41) is 3.61. The Hall–Kier alpha value is -1.97. The molecule has 0 atom stereocenters. The van der Waals surface area contributed by atoms with Gasteiger partial charge in [-0.1, -0.05) is 82.3 Å². The fraction of sp³-hybridized carbons (Fsp3) is 0.385. The van der Waals surface area contributed by atoms with Crippen molar-refractivity contribution in [2.45, 2.75) is 39.7 Å². The number of rotatable bonds is 9. The maximum atomic E-state index is 3.98. The Bertz CT molecular complexity index is 717. The summed E-state index contributed by atoms with van der Waals surface area (Å²) in [7, 11) is 0. The molecule has 1 saturated heterocycles. The molecule has 0 bridgehead atoms. The highest BCUT2D eigenvalue weighted by Crippen LogP contribution is 2.40. The van der Waals surface area contributed by atoms with E-state index in [0.717, 1.165) is 41.6 Å². The topological polar surface area (TPSA) is 15.3 Å². The SMILES string of the molecule is C=C/C=C\C(=C/C=C)SC(=C/C=C)/C(=C\C=C)N1CCNCC(C)(C)CC1(C)C. The van der Waals surface area contributed by atoms with Crippen molar-refractivity contribution in [3.8, 4) is 0 Å². The van der Waals surface area contributed by atoms with Crippen molar-refractivity contribution in [2.24, 2.45) is 5.41 Å². The molecule has 1 heterocycles. The van der Waals surface area contributed by atoms with Crippen LogP contribution in [0.25, 0.3) is 0 Å². The minimum atomic E-state index is 0.000529. The van der Waals surface area contributed by atoms with Gasteiger partial charge in [-0.05, 0) is 50.0 Å². The Morgan fingerprint density at radius 2 is 1.59 bits per heavy atom. The van der Waals surface area contributed by atoms with Crippen molar-refractivity contribution in [2.75, 3.05) is 19.6 Å². The summed E-state index contributed by atoms with van der Waals surface area (Å²) < 4.78 is 0. The predicted octanol–water partition coefficient (Wildman–Crippen LogP) is 6.77. The summed E-state index contributed by atoms with van der Waals surface area (Å²) in [5.41, 5.74) is 1.38. The van der Waals surface area contributed by atoms with Crippen molar-refractivity contribution in [3.05, 3.63) is 96.5 Å². The van der Waals surface area contributed by atoms with E-state index < -0.39 is 0 Å². The molecule has 0 aromatic heterocycles. The highest BCUT2D eigenvalue weighted by Gasteiger charge is 2.36. The van der Waals surface area contributed by atoms with Crippen LogP contribution in [0.5, 0.6) is 0 Å². The maximum absolute atomic E-state index is 3.98. The zero-order chi connectivity index (χ0) is 21.9.